The molecule has 3 nitrogen and oxygen atoms in total. The van der Waals surface area contributed by atoms with E-state index < -0.39 is 0 Å². The van der Waals surface area contributed by atoms with Crippen LogP contribution in [0.4, 0.5) is 5.82 Å². The fraction of sp³-hybridized carbons (Fsp3) is 0.400. The molecule has 2 N–H and O–H groups in total. The maximum atomic E-state index is 5.52. The van der Waals surface area contributed by atoms with E-state index in [2.05, 4.69) is 16.9 Å². The third kappa shape index (κ3) is 1.85. The predicted molar refractivity (Wildman–Crippen MR) is 61.5 cm³/mol. The maximum absolute atomic E-state index is 5.52. The van der Waals surface area contributed by atoms with E-state index in [4.69, 9.17) is 18.0 Å². The van der Waals surface area contributed by atoms with Crippen LogP contribution in [-0.4, -0.2) is 23.1 Å². The smallest absolute Gasteiger partial charge is 0.129 e. The van der Waals surface area contributed by atoms with Crippen LogP contribution in [0.1, 0.15) is 18.5 Å². The molecule has 1 heterocycles. The van der Waals surface area contributed by atoms with Crippen LogP contribution in [0.5, 0.6) is 0 Å². The molecule has 0 aromatic carbocycles. The van der Waals surface area contributed by atoms with E-state index in [0.29, 0.717) is 16.7 Å². The van der Waals surface area contributed by atoms with Crippen molar-refractivity contribution >= 4 is 23.0 Å². The van der Waals surface area contributed by atoms with Crippen molar-refractivity contribution in [3.63, 3.8) is 0 Å². The fourth-order valence-corrected chi connectivity index (χ4v) is 1.52. The van der Waals surface area contributed by atoms with Crippen LogP contribution >= 0.6 is 12.2 Å². The van der Waals surface area contributed by atoms with E-state index in [-0.39, 0.29) is 0 Å². The summed E-state index contributed by atoms with van der Waals surface area (Å²) in [5.41, 5.74) is 6.22. The summed E-state index contributed by atoms with van der Waals surface area (Å²) in [7, 11) is 2.06. The first-order valence-electron chi connectivity index (χ1n) is 4.68. The Balaban J connectivity index is 2.24. The Morgan fingerprint density at radius 2 is 2.29 bits per heavy atom. The SMILES string of the molecule is CN(c1cccc(C(N)=S)n1)C1CC1. The molecule has 0 spiro atoms. The number of anilines is 1. The predicted octanol–water partition coefficient (Wildman–Crippen LogP) is 1.31. The molecule has 0 unspecified atom stereocenters. The summed E-state index contributed by atoms with van der Waals surface area (Å²) >= 11 is 4.89. The van der Waals surface area contributed by atoms with Crippen molar-refractivity contribution in [2.24, 2.45) is 5.73 Å². The van der Waals surface area contributed by atoms with Crippen molar-refractivity contribution in [3.8, 4) is 0 Å². The van der Waals surface area contributed by atoms with E-state index in [0.717, 1.165) is 5.82 Å². The van der Waals surface area contributed by atoms with Gasteiger partial charge < -0.3 is 10.6 Å². The Labute approximate surface area is 88.9 Å². The van der Waals surface area contributed by atoms with Crippen LogP contribution in [0.3, 0.4) is 0 Å². The number of rotatable bonds is 3. The highest BCUT2D eigenvalue weighted by molar-refractivity contribution is 7.80. The van der Waals surface area contributed by atoms with Gasteiger partial charge in [-0.05, 0) is 25.0 Å². The average molecular weight is 207 g/mol. The molecule has 14 heavy (non-hydrogen) atoms. The van der Waals surface area contributed by atoms with Gasteiger partial charge in [-0.15, -0.1) is 0 Å². The van der Waals surface area contributed by atoms with Crippen molar-refractivity contribution in [3.05, 3.63) is 23.9 Å². The molecule has 1 aromatic rings. The number of aromatic nitrogens is 1. The van der Waals surface area contributed by atoms with Crippen LogP contribution in [0, 0.1) is 0 Å². The Hall–Kier alpha value is -1.16. The standard InChI is InChI=1S/C10H13N3S/c1-13(7-5-6-7)9-4-2-3-8(12-9)10(11)14/h2-4,7H,5-6H2,1H3,(H2,11,14). The van der Waals surface area contributed by atoms with Crippen molar-refractivity contribution in [2.45, 2.75) is 18.9 Å². The molecular weight excluding hydrogens is 194 g/mol. The molecule has 0 saturated heterocycles. The third-order valence-electron chi connectivity index (χ3n) is 2.44. The van der Waals surface area contributed by atoms with Crippen molar-refractivity contribution in [1.29, 1.82) is 0 Å². The number of nitrogens with two attached hydrogens (primary N) is 1. The quantitative estimate of drug-likeness (QED) is 0.759. The molecular formula is C10H13N3S. The second kappa shape index (κ2) is 3.53. The van der Waals surface area contributed by atoms with E-state index in [9.17, 15) is 0 Å². The van der Waals surface area contributed by atoms with Crippen LogP contribution in [-0.2, 0) is 0 Å². The lowest BCUT2D eigenvalue weighted by atomic mass is 10.3. The van der Waals surface area contributed by atoms with Gasteiger partial charge in [0.25, 0.3) is 0 Å². The molecule has 0 bridgehead atoms. The fourth-order valence-electron chi connectivity index (χ4n) is 1.41. The first-order valence-corrected chi connectivity index (χ1v) is 5.09. The van der Waals surface area contributed by atoms with Crippen LogP contribution in [0.15, 0.2) is 18.2 Å². The van der Waals surface area contributed by atoms with E-state index >= 15 is 0 Å². The van der Waals surface area contributed by atoms with Gasteiger partial charge in [0.05, 0.1) is 5.69 Å². The number of thiocarbonyl (C=S) groups is 1. The molecule has 0 radical (unpaired) electrons. The average Bonchev–Trinajstić information content (AvgIpc) is 3.00. The molecule has 74 valence electrons. The second-order valence-electron chi connectivity index (χ2n) is 3.59. The summed E-state index contributed by atoms with van der Waals surface area (Å²) in [5.74, 6) is 0.956. The zero-order chi connectivity index (χ0) is 10.1. The molecule has 1 aromatic heterocycles. The zero-order valence-electron chi connectivity index (χ0n) is 8.10. The number of pyridine rings is 1. The highest BCUT2D eigenvalue weighted by Crippen LogP contribution is 2.28. The van der Waals surface area contributed by atoms with Crippen LogP contribution in [0.2, 0.25) is 0 Å². The maximum Gasteiger partial charge on any atom is 0.129 e. The van der Waals surface area contributed by atoms with Gasteiger partial charge in [0.2, 0.25) is 0 Å². The highest BCUT2D eigenvalue weighted by Gasteiger charge is 2.27. The highest BCUT2D eigenvalue weighted by atomic mass is 32.1. The van der Waals surface area contributed by atoms with E-state index in [1.807, 2.05) is 18.2 Å². The Morgan fingerprint density at radius 1 is 1.57 bits per heavy atom. The molecule has 1 aliphatic carbocycles. The zero-order valence-corrected chi connectivity index (χ0v) is 8.92. The van der Waals surface area contributed by atoms with Crippen LogP contribution in [0.25, 0.3) is 0 Å². The van der Waals surface area contributed by atoms with Crippen LogP contribution < -0.4 is 10.6 Å². The van der Waals surface area contributed by atoms with Gasteiger partial charge in [-0.2, -0.15) is 0 Å². The second-order valence-corrected chi connectivity index (χ2v) is 4.03. The van der Waals surface area contributed by atoms with Gasteiger partial charge in [0, 0.05) is 13.1 Å². The first-order chi connectivity index (χ1) is 6.68. The molecule has 2 rings (SSSR count). The van der Waals surface area contributed by atoms with Gasteiger partial charge in [0.1, 0.15) is 10.8 Å². The molecule has 0 atom stereocenters. The monoisotopic (exact) mass is 207 g/mol. The number of hydrogen-bond donors (Lipinski definition) is 1. The summed E-state index contributed by atoms with van der Waals surface area (Å²) < 4.78 is 0. The summed E-state index contributed by atoms with van der Waals surface area (Å²) in [6.07, 6.45) is 2.52. The molecule has 0 amide bonds. The van der Waals surface area contributed by atoms with E-state index in [1.165, 1.54) is 12.8 Å². The lowest BCUT2D eigenvalue weighted by Crippen LogP contribution is -2.22. The van der Waals surface area contributed by atoms with Gasteiger partial charge in [-0.3, -0.25) is 0 Å². The lowest BCUT2D eigenvalue weighted by Gasteiger charge is -2.17. The summed E-state index contributed by atoms with van der Waals surface area (Å²) in [4.78, 5) is 6.93. The minimum absolute atomic E-state index is 0.357. The summed E-state index contributed by atoms with van der Waals surface area (Å²) in [6, 6.07) is 6.42. The van der Waals surface area contributed by atoms with Gasteiger partial charge in [-0.1, -0.05) is 18.3 Å². The van der Waals surface area contributed by atoms with Crippen molar-refractivity contribution in [2.75, 3.05) is 11.9 Å². The lowest BCUT2D eigenvalue weighted by molar-refractivity contribution is 0.891. The Morgan fingerprint density at radius 3 is 2.86 bits per heavy atom. The van der Waals surface area contributed by atoms with Gasteiger partial charge >= 0.3 is 0 Å². The Bertz CT molecular complexity index is 360. The number of hydrogen-bond acceptors (Lipinski definition) is 3. The molecule has 1 fully saturated rings. The topological polar surface area (TPSA) is 42.1 Å². The largest absolute Gasteiger partial charge is 0.388 e. The minimum Gasteiger partial charge on any atom is -0.388 e. The van der Waals surface area contributed by atoms with Gasteiger partial charge in [-0.25, -0.2) is 4.98 Å². The summed E-state index contributed by atoms with van der Waals surface area (Å²) in [5, 5.41) is 0. The third-order valence-corrected chi connectivity index (χ3v) is 2.65. The first kappa shape index (κ1) is 9.40. The molecule has 4 heteroatoms. The van der Waals surface area contributed by atoms with Crippen molar-refractivity contribution in [1.82, 2.24) is 4.98 Å². The normalized spacial score (nSPS) is 15.2. The number of nitrogens with zero attached hydrogens (tertiary/aromatic N) is 2. The molecule has 1 saturated carbocycles. The molecule has 0 aliphatic heterocycles. The van der Waals surface area contributed by atoms with E-state index in [1.54, 1.807) is 0 Å². The minimum atomic E-state index is 0.357. The Kier molecular flexibility index (Phi) is 2.37. The molecule has 1 aliphatic rings. The van der Waals surface area contributed by atoms with Crippen molar-refractivity contribution < 1.29 is 0 Å². The van der Waals surface area contributed by atoms with Gasteiger partial charge in [0.15, 0.2) is 0 Å². The summed E-state index contributed by atoms with van der Waals surface area (Å²) in [6.45, 7) is 0.